The number of aliphatic carboxylic acids is 1. The van der Waals surface area contributed by atoms with E-state index in [9.17, 15) is 9.59 Å². The van der Waals surface area contributed by atoms with Gasteiger partial charge in [-0.05, 0) is 6.42 Å². The van der Waals surface area contributed by atoms with Gasteiger partial charge in [0.2, 0.25) is 5.91 Å². The van der Waals surface area contributed by atoms with E-state index in [1.54, 1.807) is 6.07 Å². The van der Waals surface area contributed by atoms with Crippen LogP contribution in [0, 0.1) is 0 Å². The quantitative estimate of drug-likeness (QED) is 0.630. The van der Waals surface area contributed by atoms with Gasteiger partial charge in [-0.15, -0.1) is 0 Å². The average Bonchev–Trinajstić information content (AvgIpc) is 2.73. The number of aromatic amines is 1. The minimum Gasteiger partial charge on any atom is -0.481 e. The lowest BCUT2D eigenvalue weighted by molar-refractivity contribution is -0.137. The number of carboxylic acids is 1. The van der Waals surface area contributed by atoms with Crippen molar-refractivity contribution in [2.75, 3.05) is 5.32 Å². The number of rotatable bonds is 5. The molecule has 0 bridgehead atoms. The number of aromatic nitrogens is 2. The summed E-state index contributed by atoms with van der Waals surface area (Å²) >= 11 is 0. The Morgan fingerprint density at radius 3 is 2.63 bits per heavy atom. The Kier molecular flexibility index (Phi) is 4.66. The van der Waals surface area contributed by atoms with Crippen LogP contribution in [0.2, 0.25) is 0 Å². The zero-order valence-electron chi connectivity index (χ0n) is 11.4. The molecule has 7 nitrogen and oxygen atoms in total. The van der Waals surface area contributed by atoms with Crippen molar-refractivity contribution >= 4 is 17.7 Å². The summed E-state index contributed by atoms with van der Waals surface area (Å²) in [7, 11) is 0. The van der Waals surface area contributed by atoms with E-state index in [0.29, 0.717) is 5.82 Å². The van der Waals surface area contributed by atoms with E-state index >= 15 is 0 Å². The number of carbonyl (C=O) groups excluding carboxylic acids is 1. The van der Waals surface area contributed by atoms with E-state index in [-0.39, 0.29) is 18.3 Å². The molecule has 1 heterocycles. The summed E-state index contributed by atoms with van der Waals surface area (Å²) in [4.78, 5) is 22.1. The van der Waals surface area contributed by atoms with Crippen molar-refractivity contribution in [2.45, 2.75) is 45.1 Å². The second-order valence-corrected chi connectivity index (χ2v) is 5.45. The number of carboxylic acid groups (broad SMARTS) is 1. The first-order valence-electron chi connectivity index (χ1n) is 6.04. The summed E-state index contributed by atoms with van der Waals surface area (Å²) in [5, 5.41) is 17.9. The zero-order valence-corrected chi connectivity index (χ0v) is 11.4. The molecule has 1 aromatic heterocycles. The first kappa shape index (κ1) is 15.2. The third-order valence-electron chi connectivity index (χ3n) is 2.64. The molecule has 19 heavy (non-hydrogen) atoms. The van der Waals surface area contributed by atoms with Gasteiger partial charge in [0.1, 0.15) is 0 Å². The van der Waals surface area contributed by atoms with Crippen LogP contribution in [0.5, 0.6) is 0 Å². The number of hydrogen-bond acceptors (Lipinski definition) is 4. The van der Waals surface area contributed by atoms with Crippen molar-refractivity contribution in [2.24, 2.45) is 5.73 Å². The Morgan fingerprint density at radius 2 is 2.16 bits per heavy atom. The predicted molar refractivity (Wildman–Crippen MR) is 70.8 cm³/mol. The average molecular weight is 268 g/mol. The van der Waals surface area contributed by atoms with Crippen LogP contribution in [-0.4, -0.2) is 33.2 Å². The van der Waals surface area contributed by atoms with Crippen molar-refractivity contribution < 1.29 is 14.7 Å². The SMILES string of the molecule is CC(C)(C)c1cc(NC(=O)C(N)CCC(=O)O)n[nH]1. The lowest BCUT2D eigenvalue weighted by atomic mass is 9.92. The number of nitrogens with two attached hydrogens (primary N) is 1. The van der Waals surface area contributed by atoms with E-state index < -0.39 is 17.9 Å². The second kappa shape index (κ2) is 5.83. The summed E-state index contributed by atoms with van der Waals surface area (Å²) in [6.07, 6.45) is -0.0416. The fraction of sp³-hybridized carbons (Fsp3) is 0.583. The molecule has 1 amide bonds. The largest absolute Gasteiger partial charge is 0.481 e. The number of H-pyrrole nitrogens is 1. The summed E-state index contributed by atoms with van der Waals surface area (Å²) in [6.45, 7) is 6.06. The van der Waals surface area contributed by atoms with E-state index in [1.165, 1.54) is 0 Å². The summed E-state index contributed by atoms with van der Waals surface area (Å²) < 4.78 is 0. The smallest absolute Gasteiger partial charge is 0.303 e. The van der Waals surface area contributed by atoms with Crippen LogP contribution < -0.4 is 11.1 Å². The van der Waals surface area contributed by atoms with E-state index in [2.05, 4.69) is 15.5 Å². The third kappa shape index (κ3) is 4.70. The van der Waals surface area contributed by atoms with Gasteiger partial charge in [-0.1, -0.05) is 20.8 Å². The Balaban J connectivity index is 2.57. The van der Waals surface area contributed by atoms with Crippen LogP contribution >= 0.6 is 0 Å². The van der Waals surface area contributed by atoms with Crippen LogP contribution in [0.1, 0.15) is 39.3 Å². The normalized spacial score (nSPS) is 13.1. The van der Waals surface area contributed by atoms with Crippen LogP contribution in [0.25, 0.3) is 0 Å². The minimum absolute atomic E-state index is 0.0950. The number of anilines is 1. The molecule has 0 aliphatic heterocycles. The molecule has 0 aromatic carbocycles. The van der Waals surface area contributed by atoms with Gasteiger partial charge in [-0.2, -0.15) is 5.10 Å². The molecular weight excluding hydrogens is 248 g/mol. The van der Waals surface area contributed by atoms with Crippen molar-refractivity contribution in [1.82, 2.24) is 10.2 Å². The van der Waals surface area contributed by atoms with Crippen LogP contribution in [0.3, 0.4) is 0 Å². The molecule has 1 atom stereocenters. The van der Waals surface area contributed by atoms with Crippen LogP contribution in [0.15, 0.2) is 6.07 Å². The zero-order chi connectivity index (χ0) is 14.6. The molecule has 106 valence electrons. The van der Waals surface area contributed by atoms with Gasteiger partial charge in [0.05, 0.1) is 6.04 Å². The lowest BCUT2D eigenvalue weighted by Crippen LogP contribution is -2.36. The lowest BCUT2D eigenvalue weighted by Gasteiger charge is -2.14. The van der Waals surface area contributed by atoms with Gasteiger partial charge in [-0.25, -0.2) is 0 Å². The number of nitrogens with zero attached hydrogens (tertiary/aromatic N) is 1. The van der Waals surface area contributed by atoms with Gasteiger partial charge in [0.15, 0.2) is 5.82 Å². The van der Waals surface area contributed by atoms with Crippen molar-refractivity contribution in [3.8, 4) is 0 Å². The minimum atomic E-state index is -0.974. The highest BCUT2D eigenvalue weighted by atomic mass is 16.4. The monoisotopic (exact) mass is 268 g/mol. The van der Waals surface area contributed by atoms with Gasteiger partial charge in [-0.3, -0.25) is 14.7 Å². The molecule has 1 unspecified atom stereocenters. The second-order valence-electron chi connectivity index (χ2n) is 5.45. The van der Waals surface area contributed by atoms with Crippen molar-refractivity contribution in [3.05, 3.63) is 11.8 Å². The van der Waals surface area contributed by atoms with E-state index in [0.717, 1.165) is 5.69 Å². The van der Waals surface area contributed by atoms with Crippen LogP contribution in [-0.2, 0) is 15.0 Å². The highest BCUT2D eigenvalue weighted by Gasteiger charge is 2.19. The van der Waals surface area contributed by atoms with Gasteiger partial charge in [0.25, 0.3) is 0 Å². The number of carbonyl (C=O) groups is 2. The highest BCUT2D eigenvalue weighted by molar-refractivity contribution is 5.94. The summed E-state index contributed by atoms with van der Waals surface area (Å²) in [6, 6.07) is 0.882. The summed E-state index contributed by atoms with van der Waals surface area (Å²) in [5.41, 5.74) is 6.39. The Hall–Kier alpha value is -1.89. The fourth-order valence-corrected chi connectivity index (χ4v) is 1.40. The first-order chi connectivity index (χ1) is 8.70. The maximum Gasteiger partial charge on any atom is 0.303 e. The molecule has 0 saturated carbocycles. The number of amides is 1. The van der Waals surface area contributed by atoms with Gasteiger partial charge >= 0.3 is 5.97 Å². The van der Waals surface area contributed by atoms with Gasteiger partial charge < -0.3 is 16.2 Å². The van der Waals surface area contributed by atoms with Crippen molar-refractivity contribution in [1.29, 1.82) is 0 Å². The molecule has 0 spiro atoms. The van der Waals surface area contributed by atoms with Gasteiger partial charge in [0, 0.05) is 23.6 Å². The third-order valence-corrected chi connectivity index (χ3v) is 2.64. The van der Waals surface area contributed by atoms with Crippen molar-refractivity contribution in [3.63, 3.8) is 0 Å². The topological polar surface area (TPSA) is 121 Å². The van der Waals surface area contributed by atoms with E-state index in [1.807, 2.05) is 20.8 Å². The molecule has 0 aliphatic rings. The Bertz CT molecular complexity index is 462. The van der Waals surface area contributed by atoms with E-state index in [4.69, 9.17) is 10.8 Å². The maximum absolute atomic E-state index is 11.7. The molecule has 0 fully saturated rings. The molecule has 1 rings (SSSR count). The molecule has 1 aromatic rings. The highest BCUT2D eigenvalue weighted by Crippen LogP contribution is 2.21. The maximum atomic E-state index is 11.7. The standard InChI is InChI=1S/C12H20N4O3/c1-12(2,3)8-6-9(16-15-8)14-11(19)7(13)4-5-10(17)18/h6-7H,4-5,13H2,1-3H3,(H,17,18)(H2,14,15,16,19). The molecule has 0 aliphatic carbocycles. The predicted octanol–water partition coefficient (Wildman–Crippen LogP) is 0.838. The Morgan fingerprint density at radius 1 is 1.53 bits per heavy atom. The summed E-state index contributed by atoms with van der Waals surface area (Å²) in [5.74, 6) is -1.02. The fourth-order valence-electron chi connectivity index (χ4n) is 1.40. The first-order valence-corrected chi connectivity index (χ1v) is 6.04. The number of hydrogen-bond donors (Lipinski definition) is 4. The molecule has 0 radical (unpaired) electrons. The number of nitrogens with one attached hydrogen (secondary N) is 2. The molecule has 7 heteroatoms. The Labute approximate surface area is 111 Å². The molecule has 0 saturated heterocycles. The molecule has 5 N–H and O–H groups in total. The molecular formula is C12H20N4O3. The van der Waals surface area contributed by atoms with Crippen LogP contribution in [0.4, 0.5) is 5.82 Å².